The van der Waals surface area contributed by atoms with Crippen LogP contribution < -0.4 is 10.8 Å². The highest BCUT2D eigenvalue weighted by atomic mass is 32.2. The normalized spacial score (nSPS) is 18.7. The van der Waals surface area contributed by atoms with E-state index in [1.807, 2.05) is 13.8 Å². The number of carbonyl (C=O) groups is 2. The van der Waals surface area contributed by atoms with Gasteiger partial charge in [-0.25, -0.2) is 13.2 Å². The zero-order chi connectivity index (χ0) is 21.9. The number of hydroxylamine groups is 1. The second kappa shape index (κ2) is 8.75. The maximum Gasteiger partial charge on any atom is 0.339 e. The summed E-state index contributed by atoms with van der Waals surface area (Å²) in [7, 11) is -2.68. The van der Waals surface area contributed by atoms with Crippen molar-refractivity contribution in [2.24, 2.45) is 5.92 Å². The monoisotopic (exact) mass is 437 g/mol. The standard InChI is InChI=1S/C20H27N3O6S/c1-14(2)13-21-18(24)16-12-20(29-22-16)8-10-23(11-9-20)30(26,27)17-7-5-4-6-15(17)19(25)28-3/h4-7,12,14,22H,8-11,13H2,1-3H3,(H,21,24). The first-order chi connectivity index (χ1) is 14.2. The Labute approximate surface area is 176 Å². The molecule has 164 valence electrons. The Morgan fingerprint density at radius 2 is 1.93 bits per heavy atom. The fraction of sp³-hybridized carbons (Fsp3) is 0.500. The van der Waals surface area contributed by atoms with Gasteiger partial charge in [-0.3, -0.25) is 15.1 Å². The van der Waals surface area contributed by atoms with E-state index >= 15 is 0 Å². The first-order valence-corrected chi connectivity index (χ1v) is 11.2. The second-order valence-corrected chi connectivity index (χ2v) is 9.73. The number of hydrogen-bond donors (Lipinski definition) is 2. The Kier molecular flexibility index (Phi) is 6.49. The van der Waals surface area contributed by atoms with Crippen molar-refractivity contribution in [3.8, 4) is 0 Å². The fourth-order valence-corrected chi connectivity index (χ4v) is 5.06. The molecule has 0 aromatic heterocycles. The maximum atomic E-state index is 13.1. The van der Waals surface area contributed by atoms with Crippen LogP contribution in [0.5, 0.6) is 0 Å². The van der Waals surface area contributed by atoms with Crippen molar-refractivity contribution in [3.63, 3.8) is 0 Å². The van der Waals surface area contributed by atoms with Crippen molar-refractivity contribution < 1.29 is 27.6 Å². The lowest BCUT2D eigenvalue weighted by molar-refractivity contribution is -0.120. The number of benzene rings is 1. The van der Waals surface area contributed by atoms with E-state index in [-0.39, 0.29) is 29.5 Å². The lowest BCUT2D eigenvalue weighted by atomic mass is 9.92. The molecule has 0 radical (unpaired) electrons. The predicted molar refractivity (Wildman–Crippen MR) is 109 cm³/mol. The maximum absolute atomic E-state index is 13.1. The Bertz CT molecular complexity index is 949. The molecule has 2 N–H and O–H groups in total. The van der Waals surface area contributed by atoms with E-state index in [2.05, 4.69) is 10.8 Å². The Balaban J connectivity index is 1.72. The first-order valence-electron chi connectivity index (χ1n) is 9.81. The van der Waals surface area contributed by atoms with E-state index in [0.717, 1.165) is 0 Å². The van der Waals surface area contributed by atoms with Crippen LogP contribution in [0, 0.1) is 5.92 Å². The van der Waals surface area contributed by atoms with Crippen molar-refractivity contribution in [2.75, 3.05) is 26.7 Å². The van der Waals surface area contributed by atoms with Crippen LogP contribution in [-0.4, -0.2) is 56.9 Å². The summed E-state index contributed by atoms with van der Waals surface area (Å²) < 4.78 is 32.3. The van der Waals surface area contributed by atoms with Crippen LogP contribution in [0.25, 0.3) is 0 Å². The quantitative estimate of drug-likeness (QED) is 0.643. The highest BCUT2D eigenvalue weighted by Crippen LogP contribution is 2.34. The van der Waals surface area contributed by atoms with E-state index in [1.54, 1.807) is 18.2 Å². The van der Waals surface area contributed by atoms with Crippen molar-refractivity contribution in [1.82, 2.24) is 15.1 Å². The number of nitrogens with one attached hydrogen (secondary N) is 2. The van der Waals surface area contributed by atoms with Gasteiger partial charge in [0.25, 0.3) is 5.91 Å². The molecule has 1 spiro atoms. The fourth-order valence-electron chi connectivity index (χ4n) is 3.44. The number of nitrogens with zero attached hydrogens (tertiary/aromatic N) is 1. The number of hydrogen-bond acceptors (Lipinski definition) is 7. The number of sulfonamides is 1. The number of rotatable bonds is 6. The van der Waals surface area contributed by atoms with Crippen molar-refractivity contribution in [2.45, 2.75) is 37.2 Å². The van der Waals surface area contributed by atoms with Gasteiger partial charge in [0.05, 0.1) is 17.6 Å². The minimum Gasteiger partial charge on any atom is -0.465 e. The summed E-state index contributed by atoms with van der Waals surface area (Å²) in [4.78, 5) is 29.8. The molecule has 0 unspecified atom stereocenters. The zero-order valence-corrected chi connectivity index (χ0v) is 18.1. The third-order valence-corrected chi connectivity index (χ3v) is 7.12. The molecule has 30 heavy (non-hydrogen) atoms. The van der Waals surface area contributed by atoms with Gasteiger partial charge >= 0.3 is 5.97 Å². The van der Waals surface area contributed by atoms with Crippen molar-refractivity contribution in [3.05, 3.63) is 41.6 Å². The molecule has 2 aliphatic heterocycles. The molecule has 1 amide bonds. The smallest absolute Gasteiger partial charge is 0.339 e. The summed E-state index contributed by atoms with van der Waals surface area (Å²) in [5.41, 5.74) is 2.28. The summed E-state index contributed by atoms with van der Waals surface area (Å²) in [5, 5.41) is 2.82. The van der Waals surface area contributed by atoms with Crippen molar-refractivity contribution in [1.29, 1.82) is 0 Å². The van der Waals surface area contributed by atoms with Crippen LogP contribution in [0.4, 0.5) is 0 Å². The van der Waals surface area contributed by atoms with Crippen LogP contribution in [-0.2, 0) is 24.4 Å². The van der Waals surface area contributed by atoms with Crippen LogP contribution in [0.2, 0.25) is 0 Å². The number of amides is 1. The highest BCUT2D eigenvalue weighted by molar-refractivity contribution is 7.89. The van der Waals surface area contributed by atoms with Crippen LogP contribution in [0.1, 0.15) is 37.0 Å². The molecule has 1 fully saturated rings. The zero-order valence-electron chi connectivity index (χ0n) is 17.3. The molecule has 1 aromatic carbocycles. The van der Waals surface area contributed by atoms with Crippen LogP contribution in [0.15, 0.2) is 40.9 Å². The molecule has 10 heteroatoms. The molecule has 0 atom stereocenters. The molecule has 0 aliphatic carbocycles. The molecule has 3 rings (SSSR count). The molecule has 0 saturated carbocycles. The van der Waals surface area contributed by atoms with Crippen molar-refractivity contribution >= 4 is 21.9 Å². The molecule has 2 aliphatic rings. The van der Waals surface area contributed by atoms with Gasteiger partial charge in [0.2, 0.25) is 10.0 Å². The molecular formula is C20H27N3O6S. The predicted octanol–water partition coefficient (Wildman–Crippen LogP) is 1.19. The number of piperidine rings is 1. The summed E-state index contributed by atoms with van der Waals surface area (Å²) >= 11 is 0. The van der Waals surface area contributed by atoms with Gasteiger partial charge < -0.3 is 10.1 Å². The van der Waals surface area contributed by atoms with Gasteiger partial charge in [-0.1, -0.05) is 26.0 Å². The van der Waals surface area contributed by atoms with E-state index in [1.165, 1.54) is 23.5 Å². The molecular weight excluding hydrogens is 410 g/mol. The largest absolute Gasteiger partial charge is 0.465 e. The lowest BCUT2D eigenvalue weighted by Crippen LogP contribution is -2.46. The van der Waals surface area contributed by atoms with E-state index in [0.29, 0.717) is 31.0 Å². The van der Waals surface area contributed by atoms with E-state index < -0.39 is 21.6 Å². The number of ether oxygens (including phenoxy) is 1. The van der Waals surface area contributed by atoms with E-state index in [9.17, 15) is 18.0 Å². The summed E-state index contributed by atoms with van der Waals surface area (Å²) in [6, 6.07) is 5.99. The number of methoxy groups -OCH3 is 1. The molecule has 9 nitrogen and oxygen atoms in total. The number of esters is 1. The SMILES string of the molecule is COC(=O)c1ccccc1S(=O)(=O)N1CCC2(C=C(C(=O)NCC(C)C)NO2)CC1. The van der Waals surface area contributed by atoms with Gasteiger partial charge in [0.15, 0.2) is 0 Å². The molecule has 2 heterocycles. The second-order valence-electron chi connectivity index (χ2n) is 7.82. The molecule has 0 bridgehead atoms. The summed E-state index contributed by atoms with van der Waals surface area (Å²) in [6.07, 6.45) is 2.48. The van der Waals surface area contributed by atoms with Gasteiger partial charge in [-0.2, -0.15) is 4.31 Å². The average Bonchev–Trinajstić information content (AvgIpc) is 3.15. The highest BCUT2D eigenvalue weighted by Gasteiger charge is 2.43. The summed E-state index contributed by atoms with van der Waals surface area (Å²) in [6.45, 7) is 4.94. The topological polar surface area (TPSA) is 114 Å². The Hall–Kier alpha value is -2.43. The third-order valence-electron chi connectivity index (χ3n) is 5.17. The first kappa shape index (κ1) is 22.3. The third kappa shape index (κ3) is 4.50. The average molecular weight is 438 g/mol. The van der Waals surface area contributed by atoms with Gasteiger partial charge in [-0.05, 0) is 37.0 Å². The van der Waals surface area contributed by atoms with Gasteiger partial charge in [0.1, 0.15) is 11.3 Å². The molecule has 1 saturated heterocycles. The summed E-state index contributed by atoms with van der Waals surface area (Å²) in [5.74, 6) is -0.624. The van der Waals surface area contributed by atoms with Gasteiger partial charge in [0, 0.05) is 19.6 Å². The Morgan fingerprint density at radius 1 is 1.27 bits per heavy atom. The Morgan fingerprint density at radius 3 is 2.57 bits per heavy atom. The molecule has 1 aromatic rings. The van der Waals surface area contributed by atoms with Gasteiger partial charge in [-0.15, -0.1) is 0 Å². The minimum atomic E-state index is -3.89. The lowest BCUT2D eigenvalue weighted by Gasteiger charge is -2.36. The van der Waals surface area contributed by atoms with Crippen LogP contribution in [0.3, 0.4) is 0 Å². The number of carbonyl (C=O) groups excluding carboxylic acids is 2. The minimum absolute atomic E-state index is 0.00285. The van der Waals surface area contributed by atoms with Crippen LogP contribution >= 0.6 is 0 Å². The van der Waals surface area contributed by atoms with E-state index in [4.69, 9.17) is 9.57 Å².